The molecule has 0 aromatic heterocycles. The van der Waals surface area contributed by atoms with Crippen molar-refractivity contribution in [3.63, 3.8) is 0 Å². The van der Waals surface area contributed by atoms with E-state index in [0.717, 1.165) is 0 Å². The molecule has 0 aliphatic carbocycles. The molecule has 0 fully saturated rings. The predicted molar refractivity (Wildman–Crippen MR) is 44.7 cm³/mol. The van der Waals surface area contributed by atoms with E-state index in [-0.39, 0.29) is 0 Å². The van der Waals surface area contributed by atoms with Gasteiger partial charge in [-0.3, -0.25) is 0 Å². The molecule has 0 rings (SSSR count). The zero-order valence-electron chi connectivity index (χ0n) is 5.85. The van der Waals surface area contributed by atoms with E-state index in [1.54, 1.807) is 6.92 Å². The third kappa shape index (κ3) is 37.1. The molecule has 0 heterocycles. The molecule has 0 bridgehead atoms. The minimum Gasteiger partial charge on any atom is -0.368 e. The molecule has 1 N–H and O–H groups in total. The first-order valence-electron chi connectivity index (χ1n) is 2.72. The molecule has 10 heavy (non-hydrogen) atoms. The Kier molecular flexibility index (Phi) is 13.1. The lowest BCUT2D eigenvalue weighted by Gasteiger charge is -1.99. The highest BCUT2D eigenvalue weighted by atomic mass is 35.6. The van der Waals surface area contributed by atoms with E-state index in [1.807, 2.05) is 6.92 Å². The van der Waals surface area contributed by atoms with Gasteiger partial charge in [-0.2, -0.15) is 0 Å². The van der Waals surface area contributed by atoms with Crippen LogP contribution in [0.4, 0.5) is 0 Å². The predicted octanol–water partition coefficient (Wildman–Crippen LogP) is 2.35. The maximum atomic E-state index is 8.33. The van der Waals surface area contributed by atoms with Crippen LogP contribution in [-0.4, -0.2) is 22.3 Å². The van der Waals surface area contributed by atoms with E-state index in [9.17, 15) is 0 Å². The van der Waals surface area contributed by atoms with Gasteiger partial charge in [0.25, 0.3) is 0 Å². The third-order valence-corrected chi connectivity index (χ3v) is 0.408. The van der Waals surface area contributed by atoms with E-state index >= 15 is 0 Å². The Labute approximate surface area is 76.0 Å². The van der Waals surface area contributed by atoms with Gasteiger partial charge in [0.1, 0.15) is 0 Å². The number of ether oxygens (including phenoxy) is 1. The summed E-state index contributed by atoms with van der Waals surface area (Å²) in [5.41, 5.74) is 0. The molecule has 0 aliphatic rings. The normalized spacial score (nSPS) is 12.3. The molecule has 0 saturated heterocycles. The fourth-order valence-electron chi connectivity index (χ4n) is 0.241. The summed E-state index contributed by atoms with van der Waals surface area (Å²) in [6, 6.07) is 0. The number of rotatable bonds is 2. The smallest absolute Gasteiger partial charge is 0.180 e. The summed E-state index contributed by atoms with van der Waals surface area (Å²) < 4.78 is 3.85. The van der Waals surface area contributed by atoms with Gasteiger partial charge >= 0.3 is 0 Å². The molecule has 5 heteroatoms. The van der Waals surface area contributed by atoms with Crippen molar-refractivity contribution < 1.29 is 9.84 Å². The lowest BCUT2D eigenvalue weighted by atomic mass is 10.7. The van der Waals surface area contributed by atoms with Crippen LogP contribution >= 0.6 is 34.8 Å². The van der Waals surface area contributed by atoms with Gasteiger partial charge in [0.15, 0.2) is 10.6 Å². The van der Waals surface area contributed by atoms with Gasteiger partial charge in [0.05, 0.1) is 0 Å². The van der Waals surface area contributed by atoms with E-state index in [2.05, 4.69) is 4.74 Å². The minimum absolute atomic E-state index is 0.581. The monoisotopic (exact) mass is 208 g/mol. The summed E-state index contributed by atoms with van der Waals surface area (Å²) in [5.74, 6) is 0. The van der Waals surface area contributed by atoms with Crippen molar-refractivity contribution in [1.82, 2.24) is 0 Å². The van der Waals surface area contributed by atoms with Gasteiger partial charge in [-0.05, 0) is 13.8 Å². The van der Waals surface area contributed by atoms with Crippen molar-refractivity contribution in [2.24, 2.45) is 0 Å². The Bertz CT molecular complexity index is 56.1. The van der Waals surface area contributed by atoms with Gasteiger partial charge in [-0.25, -0.2) is 0 Å². The van der Waals surface area contributed by atoms with Crippen molar-refractivity contribution in [3.8, 4) is 0 Å². The van der Waals surface area contributed by atoms with Crippen LogP contribution in [0.1, 0.15) is 13.8 Å². The second kappa shape index (κ2) is 9.79. The first kappa shape index (κ1) is 13.4. The first-order chi connectivity index (χ1) is 4.50. The van der Waals surface area contributed by atoms with E-state index in [0.29, 0.717) is 6.61 Å². The zero-order valence-corrected chi connectivity index (χ0v) is 8.12. The number of hydrogen-bond acceptors (Lipinski definition) is 2. The van der Waals surface area contributed by atoms with Crippen LogP contribution in [-0.2, 0) is 4.74 Å². The van der Waals surface area contributed by atoms with E-state index in [1.165, 1.54) is 0 Å². The third-order valence-electron chi connectivity index (χ3n) is 0.408. The van der Waals surface area contributed by atoms with Crippen molar-refractivity contribution in [2.45, 2.75) is 24.4 Å². The van der Waals surface area contributed by atoms with Crippen molar-refractivity contribution in [2.75, 3.05) is 6.61 Å². The van der Waals surface area contributed by atoms with Crippen molar-refractivity contribution in [1.29, 1.82) is 0 Å². The van der Waals surface area contributed by atoms with Crippen LogP contribution in [0.25, 0.3) is 0 Å². The summed E-state index contributed by atoms with van der Waals surface area (Å²) >= 11 is 14.4. The Balaban J connectivity index is 0. The summed E-state index contributed by atoms with van der Waals surface area (Å²) in [7, 11) is 0. The quantitative estimate of drug-likeness (QED) is 0.559. The molecule has 0 aliphatic heterocycles. The fourth-order valence-corrected chi connectivity index (χ4v) is 0.241. The molecule has 0 aromatic rings. The number of aliphatic hydroxyl groups is 1. The largest absolute Gasteiger partial charge is 0.368 e. The molecular weight excluding hydrogens is 198 g/mol. The Morgan fingerprint density at radius 3 is 1.70 bits per heavy atom. The van der Waals surface area contributed by atoms with Crippen LogP contribution in [0.5, 0.6) is 0 Å². The molecule has 64 valence electrons. The number of alkyl halides is 3. The molecule has 0 aromatic carbocycles. The fraction of sp³-hybridized carbons (Fsp3) is 1.00. The van der Waals surface area contributed by atoms with Gasteiger partial charge in [0, 0.05) is 6.61 Å². The lowest BCUT2D eigenvalue weighted by molar-refractivity contribution is -0.0800. The molecule has 1 atom stereocenters. The average molecular weight is 210 g/mol. The summed E-state index contributed by atoms with van der Waals surface area (Å²) in [6.07, 6.45) is -0.602. The molecule has 2 nitrogen and oxygen atoms in total. The lowest BCUT2D eigenvalue weighted by Crippen LogP contribution is -2.04. The highest BCUT2D eigenvalue weighted by Crippen LogP contribution is 2.03. The van der Waals surface area contributed by atoms with Gasteiger partial charge in [0.2, 0.25) is 0 Å². The van der Waals surface area contributed by atoms with Crippen LogP contribution in [0, 0.1) is 0 Å². The standard InChI is InChI=1S/C4H10O2.CHCl3/c1-3-6-4(2)5;2-1(3)4/h4-5H,3H2,1-2H3;1H. The molecule has 0 amide bonds. The maximum Gasteiger partial charge on any atom is 0.180 e. The van der Waals surface area contributed by atoms with Gasteiger partial charge in [-0.1, -0.05) is 34.8 Å². The minimum atomic E-state index is -0.750. The van der Waals surface area contributed by atoms with Gasteiger partial charge in [-0.15, -0.1) is 0 Å². The summed E-state index contributed by atoms with van der Waals surface area (Å²) in [4.78, 5) is 0. The SMILES string of the molecule is CCOC(C)O.ClC(Cl)Cl. The number of hydrogen-bond donors (Lipinski definition) is 1. The highest BCUT2D eigenvalue weighted by molar-refractivity contribution is 6.63. The zero-order chi connectivity index (χ0) is 8.57. The molecule has 0 spiro atoms. The molecule has 0 radical (unpaired) electrons. The van der Waals surface area contributed by atoms with Crippen molar-refractivity contribution in [3.05, 3.63) is 0 Å². The Hall–Kier alpha value is 0.790. The first-order valence-corrected chi connectivity index (χ1v) is 4.03. The van der Waals surface area contributed by atoms with Gasteiger partial charge < -0.3 is 9.84 Å². The highest BCUT2D eigenvalue weighted by Gasteiger charge is 1.85. The van der Waals surface area contributed by atoms with Crippen LogP contribution in [0.15, 0.2) is 0 Å². The van der Waals surface area contributed by atoms with E-state index in [4.69, 9.17) is 39.9 Å². The second-order valence-electron chi connectivity index (χ2n) is 1.30. The number of aliphatic hydroxyl groups excluding tert-OH is 1. The molecule has 0 saturated carbocycles. The van der Waals surface area contributed by atoms with Crippen LogP contribution < -0.4 is 0 Å². The van der Waals surface area contributed by atoms with E-state index < -0.39 is 10.6 Å². The Morgan fingerprint density at radius 1 is 1.40 bits per heavy atom. The Morgan fingerprint density at radius 2 is 1.70 bits per heavy atom. The summed E-state index contributed by atoms with van der Waals surface area (Å²) in [6.45, 7) is 4.01. The molecular formula is C5H11Cl3O2. The van der Waals surface area contributed by atoms with Crippen LogP contribution in [0.3, 0.4) is 0 Å². The average Bonchev–Trinajstić information content (AvgIpc) is 1.62. The number of halogens is 3. The van der Waals surface area contributed by atoms with Crippen LogP contribution in [0.2, 0.25) is 0 Å². The maximum absolute atomic E-state index is 8.33. The summed E-state index contributed by atoms with van der Waals surface area (Å²) in [5, 5.41) is 8.33. The molecule has 1 unspecified atom stereocenters. The second-order valence-corrected chi connectivity index (χ2v) is 3.28. The topological polar surface area (TPSA) is 29.5 Å². The van der Waals surface area contributed by atoms with Crippen molar-refractivity contribution >= 4 is 34.8 Å².